The van der Waals surface area contributed by atoms with Gasteiger partial charge in [-0.3, -0.25) is 4.90 Å². The molecule has 2 aromatic carbocycles. The van der Waals surface area contributed by atoms with Gasteiger partial charge >= 0.3 is 5.63 Å². The first-order chi connectivity index (χ1) is 14.5. The molecule has 0 radical (unpaired) electrons. The van der Waals surface area contributed by atoms with Crippen LogP contribution >= 0.6 is 0 Å². The SMILES string of the molecule is CCOc1cc2c(cc1OCC)CN(Cc1cc(=O)oc3c(C)c(C)ccc13)CC2. The Hall–Kier alpha value is -2.79. The van der Waals surface area contributed by atoms with Crippen molar-refractivity contribution in [2.24, 2.45) is 0 Å². The Balaban J connectivity index is 1.64. The van der Waals surface area contributed by atoms with Gasteiger partial charge in [0.15, 0.2) is 11.5 Å². The lowest BCUT2D eigenvalue weighted by atomic mass is 9.97. The predicted molar refractivity (Wildman–Crippen MR) is 119 cm³/mol. The van der Waals surface area contributed by atoms with Crippen LogP contribution in [0.15, 0.2) is 39.5 Å². The molecule has 0 unspecified atom stereocenters. The van der Waals surface area contributed by atoms with Gasteiger partial charge in [0.05, 0.1) is 13.2 Å². The predicted octanol–water partition coefficient (Wildman–Crippen LogP) is 4.77. The lowest BCUT2D eigenvalue weighted by Crippen LogP contribution is -2.30. The molecule has 0 saturated carbocycles. The Morgan fingerprint density at radius 3 is 2.40 bits per heavy atom. The van der Waals surface area contributed by atoms with Gasteiger partial charge in [0.2, 0.25) is 0 Å². The van der Waals surface area contributed by atoms with Crippen molar-refractivity contribution in [3.8, 4) is 11.5 Å². The molecule has 0 N–H and O–H groups in total. The third-order valence-corrected chi connectivity index (χ3v) is 5.87. The lowest BCUT2D eigenvalue weighted by molar-refractivity contribution is 0.242. The lowest BCUT2D eigenvalue weighted by Gasteiger charge is -2.30. The van der Waals surface area contributed by atoms with Crippen LogP contribution in [0.25, 0.3) is 11.0 Å². The summed E-state index contributed by atoms with van der Waals surface area (Å²) in [6.07, 6.45) is 0.944. The average molecular weight is 408 g/mol. The number of benzene rings is 2. The fourth-order valence-electron chi connectivity index (χ4n) is 4.19. The molecule has 0 bridgehead atoms. The largest absolute Gasteiger partial charge is 0.490 e. The van der Waals surface area contributed by atoms with Crippen LogP contribution in [-0.4, -0.2) is 24.7 Å². The van der Waals surface area contributed by atoms with Crippen molar-refractivity contribution in [2.75, 3.05) is 19.8 Å². The van der Waals surface area contributed by atoms with Crippen molar-refractivity contribution in [3.63, 3.8) is 0 Å². The average Bonchev–Trinajstić information content (AvgIpc) is 2.72. The van der Waals surface area contributed by atoms with E-state index in [9.17, 15) is 4.79 Å². The van der Waals surface area contributed by atoms with Crippen LogP contribution in [0.5, 0.6) is 11.5 Å². The van der Waals surface area contributed by atoms with E-state index in [2.05, 4.69) is 29.2 Å². The van der Waals surface area contributed by atoms with Crippen molar-refractivity contribution in [2.45, 2.75) is 47.2 Å². The number of nitrogens with zero attached hydrogens (tertiary/aromatic N) is 1. The maximum Gasteiger partial charge on any atom is 0.336 e. The first kappa shape index (κ1) is 20.5. The zero-order valence-electron chi connectivity index (χ0n) is 18.2. The van der Waals surface area contributed by atoms with Crippen LogP contribution in [0, 0.1) is 13.8 Å². The summed E-state index contributed by atoms with van der Waals surface area (Å²) < 4.78 is 17.1. The van der Waals surface area contributed by atoms with Crippen molar-refractivity contribution in [3.05, 3.63) is 68.6 Å². The van der Waals surface area contributed by atoms with E-state index in [-0.39, 0.29) is 5.63 Å². The minimum Gasteiger partial charge on any atom is -0.490 e. The van der Waals surface area contributed by atoms with Gasteiger partial charge in [-0.2, -0.15) is 0 Å². The van der Waals surface area contributed by atoms with E-state index in [4.69, 9.17) is 13.9 Å². The van der Waals surface area contributed by atoms with Gasteiger partial charge in [-0.15, -0.1) is 0 Å². The van der Waals surface area contributed by atoms with Crippen LogP contribution in [0.4, 0.5) is 0 Å². The first-order valence-electron chi connectivity index (χ1n) is 10.7. The number of aryl methyl sites for hydroxylation is 2. The maximum atomic E-state index is 12.2. The topological polar surface area (TPSA) is 51.9 Å². The molecule has 0 atom stereocenters. The summed E-state index contributed by atoms with van der Waals surface area (Å²) in [7, 11) is 0. The second-order valence-electron chi connectivity index (χ2n) is 7.87. The Bertz CT molecular complexity index is 1130. The molecule has 1 aliphatic heterocycles. The van der Waals surface area contributed by atoms with Crippen LogP contribution in [0.2, 0.25) is 0 Å². The number of hydrogen-bond acceptors (Lipinski definition) is 5. The number of ether oxygens (including phenoxy) is 2. The summed E-state index contributed by atoms with van der Waals surface area (Å²) in [4.78, 5) is 14.6. The molecule has 5 nitrogen and oxygen atoms in total. The van der Waals surface area contributed by atoms with Gasteiger partial charge in [0, 0.05) is 31.1 Å². The Morgan fingerprint density at radius 1 is 1.00 bits per heavy atom. The third-order valence-electron chi connectivity index (χ3n) is 5.87. The van der Waals surface area contributed by atoms with E-state index in [0.29, 0.717) is 25.3 Å². The zero-order chi connectivity index (χ0) is 21.3. The van der Waals surface area contributed by atoms with Crippen LogP contribution in [0.1, 0.15) is 41.7 Å². The summed E-state index contributed by atoms with van der Waals surface area (Å²) in [5, 5.41) is 1.02. The standard InChI is InChI=1S/C25H29NO4/c1-5-28-22-11-18-9-10-26(14-19(18)12-23(22)29-6-2)15-20-13-24(27)30-25-17(4)16(3)7-8-21(20)25/h7-8,11-13H,5-6,9-10,14-15H2,1-4H3. The van der Waals surface area contributed by atoms with Gasteiger partial charge in [0.1, 0.15) is 5.58 Å². The van der Waals surface area contributed by atoms with Crippen molar-refractivity contribution < 1.29 is 13.9 Å². The molecule has 0 amide bonds. The summed E-state index contributed by atoms with van der Waals surface area (Å²) in [5.74, 6) is 1.63. The highest BCUT2D eigenvalue weighted by Crippen LogP contribution is 2.34. The van der Waals surface area contributed by atoms with Crippen molar-refractivity contribution >= 4 is 11.0 Å². The fraction of sp³-hybridized carbons (Fsp3) is 0.400. The van der Waals surface area contributed by atoms with E-state index < -0.39 is 0 Å². The van der Waals surface area contributed by atoms with Gasteiger partial charge < -0.3 is 13.9 Å². The fourth-order valence-corrected chi connectivity index (χ4v) is 4.19. The molecule has 4 rings (SSSR count). The molecule has 0 aliphatic carbocycles. The second kappa shape index (κ2) is 8.52. The molecule has 5 heteroatoms. The molecule has 3 aromatic rings. The van der Waals surface area contributed by atoms with E-state index in [1.807, 2.05) is 27.7 Å². The normalized spacial score (nSPS) is 14.0. The minimum atomic E-state index is -0.288. The number of fused-ring (bicyclic) bond motifs is 2. The van der Waals surface area contributed by atoms with E-state index in [0.717, 1.165) is 53.1 Å². The van der Waals surface area contributed by atoms with Crippen molar-refractivity contribution in [1.29, 1.82) is 0 Å². The van der Waals surface area contributed by atoms with Gasteiger partial charge in [-0.05, 0) is 74.1 Å². The molecule has 158 valence electrons. The minimum absolute atomic E-state index is 0.288. The van der Waals surface area contributed by atoms with E-state index in [1.54, 1.807) is 6.07 Å². The molecule has 0 spiro atoms. The summed E-state index contributed by atoms with van der Waals surface area (Å²) >= 11 is 0. The molecule has 30 heavy (non-hydrogen) atoms. The van der Waals surface area contributed by atoms with Gasteiger partial charge in [0.25, 0.3) is 0 Å². The highest BCUT2D eigenvalue weighted by Gasteiger charge is 2.21. The molecular weight excluding hydrogens is 378 g/mol. The van der Waals surface area contributed by atoms with Crippen LogP contribution in [0.3, 0.4) is 0 Å². The zero-order valence-corrected chi connectivity index (χ0v) is 18.2. The van der Waals surface area contributed by atoms with Gasteiger partial charge in [-0.1, -0.05) is 12.1 Å². The Kier molecular flexibility index (Phi) is 5.82. The van der Waals surface area contributed by atoms with Crippen molar-refractivity contribution in [1.82, 2.24) is 4.90 Å². The highest BCUT2D eigenvalue weighted by atomic mass is 16.5. The number of hydrogen-bond donors (Lipinski definition) is 0. The molecule has 1 aliphatic rings. The van der Waals surface area contributed by atoms with Crippen LogP contribution in [-0.2, 0) is 19.5 Å². The van der Waals surface area contributed by atoms with Gasteiger partial charge in [-0.25, -0.2) is 4.79 Å². The summed E-state index contributed by atoms with van der Waals surface area (Å²) in [6, 6.07) is 10.0. The molecule has 2 heterocycles. The quantitative estimate of drug-likeness (QED) is 0.551. The monoisotopic (exact) mass is 407 g/mol. The maximum absolute atomic E-state index is 12.2. The molecular formula is C25H29NO4. The van der Waals surface area contributed by atoms with E-state index in [1.165, 1.54) is 11.1 Å². The molecule has 0 fully saturated rings. The molecule has 0 saturated heterocycles. The number of rotatable bonds is 6. The Labute approximate surface area is 177 Å². The molecule has 1 aromatic heterocycles. The third kappa shape index (κ3) is 3.94. The Morgan fingerprint density at radius 2 is 1.70 bits per heavy atom. The first-order valence-corrected chi connectivity index (χ1v) is 10.7. The smallest absolute Gasteiger partial charge is 0.336 e. The van der Waals surface area contributed by atoms with E-state index >= 15 is 0 Å². The van der Waals surface area contributed by atoms with Crippen LogP contribution < -0.4 is 15.1 Å². The summed E-state index contributed by atoms with van der Waals surface area (Å²) in [5.41, 5.74) is 6.15. The summed E-state index contributed by atoms with van der Waals surface area (Å²) in [6.45, 7) is 11.7. The second-order valence-corrected chi connectivity index (χ2v) is 7.87. The highest BCUT2D eigenvalue weighted by molar-refractivity contribution is 5.83.